The lowest BCUT2D eigenvalue weighted by atomic mass is 10.3. The van der Waals surface area contributed by atoms with E-state index < -0.39 is 12.5 Å². The molecule has 16 heavy (non-hydrogen) atoms. The van der Waals surface area contributed by atoms with Crippen molar-refractivity contribution in [2.45, 2.75) is 25.9 Å². The molecular weight excluding hydrogens is 220 g/mol. The number of carbonyl (C=O) groups is 1. The Hall–Kier alpha value is -1.50. The van der Waals surface area contributed by atoms with Crippen molar-refractivity contribution in [1.29, 1.82) is 0 Å². The first-order valence-electron chi connectivity index (χ1n) is 4.83. The summed E-state index contributed by atoms with van der Waals surface area (Å²) < 4.78 is 25.5. The smallest absolute Gasteiger partial charge is 0.319 e. The Morgan fingerprint density at radius 1 is 1.62 bits per heavy atom. The summed E-state index contributed by atoms with van der Waals surface area (Å²) in [5, 5.41) is 11.2. The maximum Gasteiger partial charge on any atom is 0.319 e. The molecule has 1 aromatic heterocycles. The highest BCUT2D eigenvalue weighted by molar-refractivity contribution is 5.66. The van der Waals surface area contributed by atoms with E-state index in [1.807, 2.05) is 0 Å². The summed E-state index contributed by atoms with van der Waals surface area (Å²) >= 11 is 0. The van der Waals surface area contributed by atoms with Gasteiger partial charge in [-0.15, -0.1) is 0 Å². The largest absolute Gasteiger partial charge is 0.481 e. The molecular formula is C9H13F2N3O2. The number of aromatic nitrogens is 2. The van der Waals surface area contributed by atoms with Crippen LogP contribution in [0.25, 0.3) is 0 Å². The highest BCUT2D eigenvalue weighted by Gasteiger charge is 2.10. The number of carboxylic acid groups (broad SMARTS) is 1. The first-order chi connectivity index (χ1) is 7.61. The van der Waals surface area contributed by atoms with E-state index in [1.54, 1.807) is 0 Å². The number of rotatable bonds is 7. The van der Waals surface area contributed by atoms with Crippen molar-refractivity contribution >= 4 is 5.97 Å². The summed E-state index contributed by atoms with van der Waals surface area (Å²) in [5.41, 5.74) is 0. The van der Waals surface area contributed by atoms with E-state index >= 15 is 0 Å². The van der Waals surface area contributed by atoms with Crippen molar-refractivity contribution in [3.8, 4) is 0 Å². The Labute approximate surface area is 91.1 Å². The zero-order valence-electron chi connectivity index (χ0n) is 8.57. The Kier molecular flexibility index (Phi) is 4.84. The predicted molar refractivity (Wildman–Crippen MR) is 52.1 cm³/mol. The Bertz CT molecular complexity index is 341. The molecule has 0 unspecified atom stereocenters. The SMILES string of the molecule is O=C(O)CCCNCc1nccn1C(F)F. The van der Waals surface area contributed by atoms with E-state index in [9.17, 15) is 13.6 Å². The van der Waals surface area contributed by atoms with Gasteiger partial charge in [0.15, 0.2) is 0 Å². The number of hydrogen-bond donors (Lipinski definition) is 2. The lowest BCUT2D eigenvalue weighted by Gasteiger charge is -2.07. The molecule has 0 aliphatic heterocycles. The second-order valence-electron chi connectivity index (χ2n) is 3.20. The zero-order chi connectivity index (χ0) is 12.0. The summed E-state index contributed by atoms with van der Waals surface area (Å²) in [4.78, 5) is 14.0. The van der Waals surface area contributed by atoms with Crippen molar-refractivity contribution in [2.75, 3.05) is 6.54 Å². The average molecular weight is 233 g/mol. The van der Waals surface area contributed by atoms with Gasteiger partial charge in [-0.25, -0.2) is 4.98 Å². The van der Waals surface area contributed by atoms with Crippen LogP contribution in [0.15, 0.2) is 12.4 Å². The fourth-order valence-electron chi connectivity index (χ4n) is 1.22. The van der Waals surface area contributed by atoms with E-state index in [1.165, 1.54) is 12.4 Å². The minimum Gasteiger partial charge on any atom is -0.481 e. The van der Waals surface area contributed by atoms with Gasteiger partial charge in [0.05, 0.1) is 6.54 Å². The molecule has 0 saturated heterocycles. The van der Waals surface area contributed by atoms with Gasteiger partial charge >= 0.3 is 12.5 Å². The molecule has 2 N–H and O–H groups in total. The maximum atomic E-state index is 12.4. The maximum absolute atomic E-state index is 12.4. The summed E-state index contributed by atoms with van der Waals surface area (Å²) in [6.07, 6.45) is 3.04. The van der Waals surface area contributed by atoms with Crippen LogP contribution < -0.4 is 5.32 Å². The minimum atomic E-state index is -2.60. The third-order valence-electron chi connectivity index (χ3n) is 1.99. The van der Waals surface area contributed by atoms with Crippen LogP contribution in [0.3, 0.4) is 0 Å². The van der Waals surface area contributed by atoms with Gasteiger partial charge in [-0.3, -0.25) is 9.36 Å². The Morgan fingerprint density at radius 3 is 3.00 bits per heavy atom. The average Bonchev–Trinajstić information content (AvgIpc) is 2.65. The molecule has 0 aliphatic rings. The van der Waals surface area contributed by atoms with E-state index in [0.717, 1.165) is 4.57 Å². The number of aliphatic carboxylic acids is 1. The molecule has 0 bridgehead atoms. The van der Waals surface area contributed by atoms with Gasteiger partial charge in [-0.2, -0.15) is 8.78 Å². The van der Waals surface area contributed by atoms with Gasteiger partial charge in [0, 0.05) is 18.8 Å². The molecule has 0 atom stereocenters. The third-order valence-corrected chi connectivity index (χ3v) is 1.99. The lowest BCUT2D eigenvalue weighted by molar-refractivity contribution is -0.137. The van der Waals surface area contributed by atoms with Crippen LogP contribution in [0.2, 0.25) is 0 Å². The predicted octanol–water partition coefficient (Wildman–Crippen LogP) is 1.23. The topological polar surface area (TPSA) is 67.2 Å². The molecule has 1 aromatic rings. The number of nitrogens with zero attached hydrogens (tertiary/aromatic N) is 2. The van der Waals surface area contributed by atoms with Crippen molar-refractivity contribution in [1.82, 2.24) is 14.9 Å². The third kappa shape index (κ3) is 3.93. The van der Waals surface area contributed by atoms with Crippen LogP contribution in [0.1, 0.15) is 25.2 Å². The molecule has 0 spiro atoms. The summed E-state index contributed by atoms with van der Waals surface area (Å²) in [6, 6.07) is 0. The van der Waals surface area contributed by atoms with Gasteiger partial charge in [-0.05, 0) is 13.0 Å². The van der Waals surface area contributed by atoms with Crippen LogP contribution in [0.4, 0.5) is 8.78 Å². The molecule has 0 fully saturated rings. The molecule has 0 aromatic carbocycles. The van der Waals surface area contributed by atoms with Gasteiger partial charge in [-0.1, -0.05) is 0 Å². The number of nitrogens with one attached hydrogen (secondary N) is 1. The molecule has 1 heterocycles. The first kappa shape index (κ1) is 12.6. The van der Waals surface area contributed by atoms with E-state index in [0.29, 0.717) is 13.0 Å². The molecule has 0 saturated carbocycles. The molecule has 1 rings (SSSR count). The van der Waals surface area contributed by atoms with Crippen LogP contribution in [-0.2, 0) is 11.3 Å². The van der Waals surface area contributed by atoms with Crippen LogP contribution >= 0.6 is 0 Å². The monoisotopic (exact) mass is 233 g/mol. The summed E-state index contributed by atoms with van der Waals surface area (Å²) in [7, 11) is 0. The molecule has 0 amide bonds. The van der Waals surface area contributed by atoms with Gasteiger partial charge in [0.1, 0.15) is 5.82 Å². The molecule has 7 heteroatoms. The van der Waals surface area contributed by atoms with E-state index in [-0.39, 0.29) is 18.8 Å². The number of carboxylic acids is 1. The van der Waals surface area contributed by atoms with E-state index in [4.69, 9.17) is 5.11 Å². The van der Waals surface area contributed by atoms with Gasteiger partial charge < -0.3 is 10.4 Å². The number of halogens is 2. The van der Waals surface area contributed by atoms with Crippen molar-refractivity contribution < 1.29 is 18.7 Å². The number of hydrogen-bond acceptors (Lipinski definition) is 3. The van der Waals surface area contributed by atoms with Crippen LogP contribution in [-0.4, -0.2) is 27.2 Å². The standard InChI is InChI=1S/C9H13F2N3O2/c10-9(11)14-5-4-13-7(14)6-12-3-1-2-8(15)16/h4-5,9,12H,1-3,6H2,(H,15,16). The fourth-order valence-corrected chi connectivity index (χ4v) is 1.22. The Morgan fingerprint density at radius 2 is 2.38 bits per heavy atom. The van der Waals surface area contributed by atoms with Crippen LogP contribution in [0.5, 0.6) is 0 Å². The quantitative estimate of drug-likeness (QED) is 0.695. The van der Waals surface area contributed by atoms with Crippen molar-refractivity contribution in [3.63, 3.8) is 0 Å². The molecule has 0 radical (unpaired) electrons. The second-order valence-corrected chi connectivity index (χ2v) is 3.20. The van der Waals surface area contributed by atoms with Crippen molar-refractivity contribution in [2.24, 2.45) is 0 Å². The fraction of sp³-hybridized carbons (Fsp3) is 0.556. The lowest BCUT2D eigenvalue weighted by Crippen LogP contribution is -2.19. The highest BCUT2D eigenvalue weighted by Crippen LogP contribution is 2.11. The minimum absolute atomic E-state index is 0.0658. The second kappa shape index (κ2) is 6.16. The first-order valence-corrected chi connectivity index (χ1v) is 4.83. The van der Waals surface area contributed by atoms with Crippen molar-refractivity contribution in [3.05, 3.63) is 18.2 Å². The van der Waals surface area contributed by atoms with Gasteiger partial charge in [0.25, 0.3) is 0 Å². The normalized spacial score (nSPS) is 10.9. The molecule has 0 aliphatic carbocycles. The summed E-state index contributed by atoms with van der Waals surface area (Å²) in [6.45, 7) is -1.93. The Balaban J connectivity index is 2.26. The van der Waals surface area contributed by atoms with E-state index in [2.05, 4.69) is 10.3 Å². The molecule has 5 nitrogen and oxygen atoms in total. The summed E-state index contributed by atoms with van der Waals surface area (Å²) in [5.74, 6) is -0.624. The zero-order valence-corrected chi connectivity index (χ0v) is 8.57. The number of alkyl halides is 2. The molecule has 90 valence electrons. The van der Waals surface area contributed by atoms with Gasteiger partial charge in [0.2, 0.25) is 0 Å². The van der Waals surface area contributed by atoms with Crippen LogP contribution in [0, 0.1) is 0 Å². The highest BCUT2D eigenvalue weighted by atomic mass is 19.3. The number of imidazole rings is 1.